The van der Waals surface area contributed by atoms with Crippen molar-refractivity contribution in [3.8, 4) is 0 Å². The van der Waals surface area contributed by atoms with Crippen LogP contribution in [0.25, 0.3) is 0 Å². The van der Waals surface area contributed by atoms with E-state index >= 15 is 0 Å². The van der Waals surface area contributed by atoms with Crippen molar-refractivity contribution in [1.82, 2.24) is 4.90 Å². The molecule has 1 unspecified atom stereocenters. The van der Waals surface area contributed by atoms with Crippen molar-refractivity contribution in [1.29, 1.82) is 0 Å². The second-order valence-electron chi connectivity index (χ2n) is 5.14. The van der Waals surface area contributed by atoms with E-state index in [0.29, 0.717) is 6.04 Å². The highest BCUT2D eigenvalue weighted by molar-refractivity contribution is 5.78. The number of carbonyl (C=O) groups excluding carboxylic acids is 1. The van der Waals surface area contributed by atoms with Gasteiger partial charge in [0.1, 0.15) is 6.61 Å². The Morgan fingerprint density at radius 2 is 2.06 bits per heavy atom. The van der Waals surface area contributed by atoms with Gasteiger partial charge < -0.3 is 14.7 Å². The Bertz CT molecular complexity index is 251. The fourth-order valence-corrected chi connectivity index (χ4v) is 2.88. The Hall–Kier alpha value is -0.610. The molecule has 2 fully saturated rings. The van der Waals surface area contributed by atoms with Crippen molar-refractivity contribution in [2.75, 3.05) is 19.8 Å². The third kappa shape index (κ3) is 3.42. The van der Waals surface area contributed by atoms with Crippen molar-refractivity contribution in [3.05, 3.63) is 0 Å². The van der Waals surface area contributed by atoms with E-state index < -0.39 is 0 Å². The molecule has 4 heteroatoms. The molecule has 1 saturated carbocycles. The molecule has 0 bridgehead atoms. The van der Waals surface area contributed by atoms with Crippen molar-refractivity contribution in [2.24, 2.45) is 0 Å². The first-order valence-corrected chi connectivity index (χ1v) is 6.83. The zero-order valence-corrected chi connectivity index (χ0v) is 10.4. The predicted octanol–water partition coefficient (Wildman–Crippen LogP) is 1.32. The maximum Gasteiger partial charge on any atom is 0.248 e. The molecule has 1 aliphatic carbocycles. The third-order valence-electron chi connectivity index (χ3n) is 3.86. The molecule has 1 atom stereocenters. The molecular weight excluding hydrogens is 218 g/mol. The quantitative estimate of drug-likeness (QED) is 0.807. The smallest absolute Gasteiger partial charge is 0.248 e. The highest BCUT2D eigenvalue weighted by Crippen LogP contribution is 2.25. The summed E-state index contributed by atoms with van der Waals surface area (Å²) in [4.78, 5) is 13.9. The molecule has 0 radical (unpaired) electrons. The van der Waals surface area contributed by atoms with Crippen LogP contribution in [-0.2, 0) is 9.53 Å². The third-order valence-corrected chi connectivity index (χ3v) is 3.86. The van der Waals surface area contributed by atoms with Crippen LogP contribution in [-0.4, -0.2) is 47.8 Å². The summed E-state index contributed by atoms with van der Waals surface area (Å²) in [6, 6.07) is 0.441. The van der Waals surface area contributed by atoms with E-state index in [1.165, 1.54) is 19.3 Å². The lowest BCUT2D eigenvalue weighted by Crippen LogP contribution is -2.51. The van der Waals surface area contributed by atoms with E-state index in [4.69, 9.17) is 9.84 Å². The lowest BCUT2D eigenvalue weighted by molar-refractivity contribution is -0.153. The molecule has 98 valence electrons. The highest BCUT2D eigenvalue weighted by atomic mass is 16.5. The van der Waals surface area contributed by atoms with Crippen LogP contribution in [0.1, 0.15) is 44.9 Å². The first kappa shape index (κ1) is 12.8. The molecule has 1 aliphatic heterocycles. The molecule has 0 spiro atoms. The van der Waals surface area contributed by atoms with Crippen molar-refractivity contribution in [2.45, 2.75) is 57.1 Å². The molecule has 4 nitrogen and oxygen atoms in total. The average molecular weight is 241 g/mol. The summed E-state index contributed by atoms with van der Waals surface area (Å²) in [7, 11) is 0. The Kier molecular flexibility index (Phi) is 4.80. The Morgan fingerprint density at radius 3 is 2.76 bits per heavy atom. The lowest BCUT2D eigenvalue weighted by Gasteiger charge is -2.39. The fraction of sp³-hybridized carbons (Fsp3) is 0.923. The highest BCUT2D eigenvalue weighted by Gasteiger charge is 2.31. The van der Waals surface area contributed by atoms with Crippen LogP contribution in [0, 0.1) is 0 Å². The van der Waals surface area contributed by atoms with Crippen molar-refractivity contribution in [3.63, 3.8) is 0 Å². The number of ether oxygens (including phenoxy) is 1. The first-order chi connectivity index (χ1) is 8.31. The molecule has 0 aromatic heterocycles. The van der Waals surface area contributed by atoms with Crippen LogP contribution < -0.4 is 0 Å². The van der Waals surface area contributed by atoms with Gasteiger partial charge in [-0.25, -0.2) is 0 Å². The number of hydrogen-bond acceptors (Lipinski definition) is 3. The van der Waals surface area contributed by atoms with Crippen LogP contribution in [0.4, 0.5) is 0 Å². The van der Waals surface area contributed by atoms with Gasteiger partial charge in [0.05, 0.1) is 6.10 Å². The topological polar surface area (TPSA) is 49.8 Å². The Balaban J connectivity index is 1.87. The summed E-state index contributed by atoms with van der Waals surface area (Å²) < 4.78 is 5.51. The lowest BCUT2D eigenvalue weighted by atomic mass is 9.93. The van der Waals surface area contributed by atoms with E-state index in [2.05, 4.69) is 0 Å². The van der Waals surface area contributed by atoms with E-state index in [1.807, 2.05) is 4.90 Å². The van der Waals surface area contributed by atoms with Gasteiger partial charge in [0, 0.05) is 19.2 Å². The van der Waals surface area contributed by atoms with Gasteiger partial charge >= 0.3 is 0 Å². The number of morpholine rings is 1. The molecule has 0 aromatic rings. The maximum atomic E-state index is 11.9. The normalized spacial score (nSPS) is 27.5. The van der Waals surface area contributed by atoms with Crippen LogP contribution in [0.5, 0.6) is 0 Å². The minimum atomic E-state index is 0.127. The van der Waals surface area contributed by atoms with Gasteiger partial charge in [0.2, 0.25) is 5.91 Å². The van der Waals surface area contributed by atoms with Gasteiger partial charge in [-0.3, -0.25) is 4.79 Å². The molecule has 2 aliphatic rings. The summed E-state index contributed by atoms with van der Waals surface area (Å²) in [6.07, 6.45) is 7.85. The van der Waals surface area contributed by atoms with Crippen LogP contribution >= 0.6 is 0 Å². The molecule has 1 N–H and O–H groups in total. The number of rotatable bonds is 4. The SMILES string of the molecule is O=C1COC(CCCO)CN1C1CCCCC1. The molecule has 1 amide bonds. The van der Waals surface area contributed by atoms with Gasteiger partial charge in [0.15, 0.2) is 0 Å². The second-order valence-corrected chi connectivity index (χ2v) is 5.14. The number of amides is 1. The fourth-order valence-electron chi connectivity index (χ4n) is 2.88. The Labute approximate surface area is 103 Å². The molecular formula is C13H23NO3. The standard InChI is InChI=1S/C13H23NO3/c15-8-4-7-12-9-14(13(16)10-17-12)11-5-2-1-3-6-11/h11-12,15H,1-10H2. The van der Waals surface area contributed by atoms with E-state index in [9.17, 15) is 4.79 Å². The van der Waals surface area contributed by atoms with Gasteiger partial charge in [-0.15, -0.1) is 0 Å². The minimum absolute atomic E-state index is 0.127. The summed E-state index contributed by atoms with van der Waals surface area (Å²) in [5.74, 6) is 0.150. The number of aliphatic hydroxyl groups excluding tert-OH is 1. The Morgan fingerprint density at radius 1 is 1.29 bits per heavy atom. The molecule has 1 heterocycles. The largest absolute Gasteiger partial charge is 0.396 e. The van der Waals surface area contributed by atoms with Gasteiger partial charge in [-0.05, 0) is 25.7 Å². The summed E-state index contributed by atoms with van der Waals surface area (Å²) in [5.41, 5.74) is 0. The molecule has 0 aromatic carbocycles. The molecule has 2 rings (SSSR count). The number of nitrogens with zero attached hydrogens (tertiary/aromatic N) is 1. The average Bonchev–Trinajstić information content (AvgIpc) is 2.39. The zero-order valence-electron chi connectivity index (χ0n) is 10.4. The molecule has 17 heavy (non-hydrogen) atoms. The summed E-state index contributed by atoms with van der Waals surface area (Å²) in [5, 5.41) is 8.83. The minimum Gasteiger partial charge on any atom is -0.396 e. The first-order valence-electron chi connectivity index (χ1n) is 6.83. The van der Waals surface area contributed by atoms with Gasteiger partial charge in [-0.2, -0.15) is 0 Å². The van der Waals surface area contributed by atoms with Gasteiger partial charge in [-0.1, -0.05) is 19.3 Å². The number of carbonyl (C=O) groups is 1. The number of hydrogen-bond donors (Lipinski definition) is 1. The summed E-state index contributed by atoms with van der Waals surface area (Å²) in [6.45, 7) is 1.16. The van der Waals surface area contributed by atoms with Crippen molar-refractivity contribution < 1.29 is 14.6 Å². The van der Waals surface area contributed by atoms with Crippen molar-refractivity contribution >= 4 is 5.91 Å². The van der Waals surface area contributed by atoms with E-state index in [1.54, 1.807) is 0 Å². The molecule has 1 saturated heterocycles. The van der Waals surface area contributed by atoms with Crippen LogP contribution in [0.3, 0.4) is 0 Å². The second kappa shape index (κ2) is 6.36. The number of aliphatic hydroxyl groups is 1. The maximum absolute atomic E-state index is 11.9. The summed E-state index contributed by atoms with van der Waals surface area (Å²) >= 11 is 0. The predicted molar refractivity (Wildman–Crippen MR) is 64.6 cm³/mol. The van der Waals surface area contributed by atoms with Crippen LogP contribution in [0.15, 0.2) is 0 Å². The van der Waals surface area contributed by atoms with Crippen LogP contribution in [0.2, 0.25) is 0 Å². The zero-order chi connectivity index (χ0) is 12.1. The van der Waals surface area contributed by atoms with E-state index in [-0.39, 0.29) is 25.2 Å². The van der Waals surface area contributed by atoms with E-state index in [0.717, 1.165) is 32.2 Å². The monoisotopic (exact) mass is 241 g/mol. The van der Waals surface area contributed by atoms with Gasteiger partial charge in [0.25, 0.3) is 0 Å².